The third kappa shape index (κ3) is 2.56. The molecule has 1 aliphatic rings. The minimum atomic E-state index is -0.214. The number of ketones is 1. The maximum absolute atomic E-state index is 11.9. The van der Waals surface area contributed by atoms with E-state index in [2.05, 4.69) is 10.3 Å². The fraction of sp³-hybridized carbons (Fsp3) is 0.455. The topological polar surface area (TPSA) is 77.2 Å². The molecule has 5 nitrogen and oxygen atoms in total. The van der Waals surface area contributed by atoms with Gasteiger partial charge in [-0.2, -0.15) is 0 Å². The molecule has 0 aromatic carbocycles. The van der Waals surface area contributed by atoms with Gasteiger partial charge in [0.15, 0.2) is 5.78 Å². The number of nitrogen functional groups attached to an aromatic ring is 1. The van der Waals surface area contributed by atoms with E-state index in [4.69, 9.17) is 10.5 Å². The molecule has 1 aliphatic heterocycles. The summed E-state index contributed by atoms with van der Waals surface area (Å²) in [6.45, 7) is 1.83. The molecule has 1 fully saturated rings. The molecule has 0 aliphatic carbocycles. The number of rotatable bonds is 3. The van der Waals surface area contributed by atoms with E-state index in [1.165, 1.54) is 0 Å². The Balaban J connectivity index is 1.99. The summed E-state index contributed by atoms with van der Waals surface area (Å²) in [6.07, 6.45) is 3.56. The van der Waals surface area contributed by atoms with Crippen molar-refractivity contribution in [2.75, 3.05) is 25.5 Å². The van der Waals surface area contributed by atoms with Gasteiger partial charge in [-0.05, 0) is 6.07 Å². The Morgan fingerprint density at radius 1 is 1.69 bits per heavy atom. The standard InChI is InChI=1S/C11H15N3O2/c12-9-1-2-13-6-8(9)5-11(15)10-7-16-4-3-14-10/h1-2,6,10,14H,3-5,7H2,(H2,12,13). The van der Waals surface area contributed by atoms with Gasteiger partial charge in [-0.15, -0.1) is 0 Å². The van der Waals surface area contributed by atoms with Crippen LogP contribution in [0.15, 0.2) is 18.5 Å². The lowest BCUT2D eigenvalue weighted by molar-refractivity contribution is -0.123. The predicted octanol–water partition coefficient (Wildman–Crippen LogP) is -0.236. The first kappa shape index (κ1) is 11.0. The van der Waals surface area contributed by atoms with Crippen LogP contribution >= 0.6 is 0 Å². The minimum Gasteiger partial charge on any atom is -0.398 e. The highest BCUT2D eigenvalue weighted by atomic mass is 16.5. The Hall–Kier alpha value is -1.46. The number of aromatic nitrogens is 1. The number of Topliss-reactive ketones (excluding diaryl/α,β-unsaturated/α-hetero) is 1. The zero-order chi connectivity index (χ0) is 11.4. The maximum Gasteiger partial charge on any atom is 0.156 e. The molecule has 0 spiro atoms. The molecule has 0 bridgehead atoms. The summed E-state index contributed by atoms with van der Waals surface area (Å²) < 4.78 is 5.24. The van der Waals surface area contributed by atoms with E-state index in [1.54, 1.807) is 18.5 Å². The van der Waals surface area contributed by atoms with Crippen molar-refractivity contribution in [1.29, 1.82) is 0 Å². The van der Waals surface area contributed by atoms with Gasteiger partial charge >= 0.3 is 0 Å². The minimum absolute atomic E-state index is 0.0967. The monoisotopic (exact) mass is 221 g/mol. The van der Waals surface area contributed by atoms with Crippen molar-refractivity contribution in [1.82, 2.24) is 10.3 Å². The van der Waals surface area contributed by atoms with Crippen LogP contribution in [0.25, 0.3) is 0 Å². The highest BCUT2D eigenvalue weighted by Gasteiger charge is 2.21. The van der Waals surface area contributed by atoms with Gasteiger partial charge in [-0.1, -0.05) is 0 Å². The largest absolute Gasteiger partial charge is 0.398 e. The van der Waals surface area contributed by atoms with Crippen molar-refractivity contribution in [2.24, 2.45) is 0 Å². The number of hydrogen-bond donors (Lipinski definition) is 2. The van der Waals surface area contributed by atoms with Crippen LogP contribution in [0.4, 0.5) is 5.69 Å². The van der Waals surface area contributed by atoms with Crippen LogP contribution in [0, 0.1) is 0 Å². The molecule has 86 valence electrons. The molecule has 1 unspecified atom stereocenters. The fourth-order valence-electron chi connectivity index (χ4n) is 1.67. The zero-order valence-electron chi connectivity index (χ0n) is 8.98. The maximum atomic E-state index is 11.9. The van der Waals surface area contributed by atoms with Gasteiger partial charge < -0.3 is 15.8 Å². The first-order chi connectivity index (χ1) is 7.77. The second kappa shape index (κ2) is 5.05. The number of carbonyl (C=O) groups excluding carboxylic acids is 1. The summed E-state index contributed by atoms with van der Waals surface area (Å²) in [4.78, 5) is 15.9. The number of pyridine rings is 1. The summed E-state index contributed by atoms with van der Waals surface area (Å²) >= 11 is 0. The van der Waals surface area contributed by atoms with Crippen molar-refractivity contribution >= 4 is 11.5 Å². The Morgan fingerprint density at radius 3 is 3.25 bits per heavy atom. The molecule has 0 amide bonds. The van der Waals surface area contributed by atoms with Gasteiger partial charge in [0.2, 0.25) is 0 Å². The summed E-state index contributed by atoms with van der Waals surface area (Å²) in [5.74, 6) is 0.0967. The van der Waals surface area contributed by atoms with Crippen LogP contribution in [0.5, 0.6) is 0 Å². The molecule has 1 aromatic heterocycles. The van der Waals surface area contributed by atoms with Gasteiger partial charge in [0, 0.05) is 36.6 Å². The Kier molecular flexibility index (Phi) is 3.48. The Bertz CT molecular complexity index is 375. The highest BCUT2D eigenvalue weighted by molar-refractivity contribution is 5.87. The molecule has 0 saturated carbocycles. The van der Waals surface area contributed by atoms with Crippen molar-refractivity contribution in [3.05, 3.63) is 24.0 Å². The number of morpholine rings is 1. The van der Waals surface area contributed by atoms with E-state index in [0.717, 1.165) is 12.1 Å². The third-order valence-corrected chi connectivity index (χ3v) is 2.62. The normalized spacial score (nSPS) is 20.6. The molecule has 2 rings (SSSR count). The molecular weight excluding hydrogens is 206 g/mol. The molecule has 1 saturated heterocycles. The number of ether oxygens (including phenoxy) is 1. The van der Waals surface area contributed by atoms with Crippen LogP contribution in [0.2, 0.25) is 0 Å². The van der Waals surface area contributed by atoms with Crippen molar-refractivity contribution in [3.63, 3.8) is 0 Å². The average molecular weight is 221 g/mol. The number of nitrogens with one attached hydrogen (secondary N) is 1. The van der Waals surface area contributed by atoms with Gasteiger partial charge in [0.1, 0.15) is 0 Å². The average Bonchev–Trinajstić information content (AvgIpc) is 2.33. The first-order valence-electron chi connectivity index (χ1n) is 5.29. The van der Waals surface area contributed by atoms with E-state index >= 15 is 0 Å². The third-order valence-electron chi connectivity index (χ3n) is 2.62. The Morgan fingerprint density at radius 2 is 2.56 bits per heavy atom. The van der Waals surface area contributed by atoms with Crippen molar-refractivity contribution in [2.45, 2.75) is 12.5 Å². The number of anilines is 1. The van der Waals surface area contributed by atoms with Crippen molar-refractivity contribution < 1.29 is 9.53 Å². The second-order valence-corrected chi connectivity index (χ2v) is 3.80. The van der Waals surface area contributed by atoms with Crippen LogP contribution < -0.4 is 11.1 Å². The van der Waals surface area contributed by atoms with E-state index < -0.39 is 0 Å². The summed E-state index contributed by atoms with van der Waals surface area (Å²) in [7, 11) is 0. The number of nitrogens with zero attached hydrogens (tertiary/aromatic N) is 1. The van der Waals surface area contributed by atoms with Gasteiger partial charge in [-0.3, -0.25) is 9.78 Å². The molecular formula is C11H15N3O2. The zero-order valence-corrected chi connectivity index (χ0v) is 8.98. The number of hydrogen-bond acceptors (Lipinski definition) is 5. The van der Waals surface area contributed by atoms with Crippen LogP contribution in [0.3, 0.4) is 0 Å². The van der Waals surface area contributed by atoms with Crippen molar-refractivity contribution in [3.8, 4) is 0 Å². The summed E-state index contributed by atoms with van der Waals surface area (Å²) in [5, 5.41) is 3.12. The smallest absolute Gasteiger partial charge is 0.156 e. The summed E-state index contributed by atoms with van der Waals surface area (Å²) in [5.41, 5.74) is 7.14. The molecule has 1 atom stereocenters. The molecule has 5 heteroatoms. The van der Waals surface area contributed by atoms with Gasteiger partial charge in [0.25, 0.3) is 0 Å². The Labute approximate surface area is 94.0 Å². The second-order valence-electron chi connectivity index (χ2n) is 3.80. The van der Waals surface area contributed by atoms with Crippen LogP contribution in [-0.2, 0) is 16.0 Å². The lowest BCUT2D eigenvalue weighted by Gasteiger charge is -2.22. The molecule has 16 heavy (non-hydrogen) atoms. The fourth-order valence-corrected chi connectivity index (χ4v) is 1.67. The first-order valence-corrected chi connectivity index (χ1v) is 5.29. The van der Waals surface area contributed by atoms with E-state index in [0.29, 0.717) is 25.3 Å². The highest BCUT2D eigenvalue weighted by Crippen LogP contribution is 2.11. The molecule has 2 heterocycles. The predicted molar refractivity (Wildman–Crippen MR) is 60.0 cm³/mol. The van der Waals surface area contributed by atoms with Gasteiger partial charge in [0.05, 0.1) is 19.3 Å². The van der Waals surface area contributed by atoms with Crippen LogP contribution in [0.1, 0.15) is 5.56 Å². The molecule has 0 radical (unpaired) electrons. The quantitative estimate of drug-likeness (QED) is 0.737. The SMILES string of the molecule is Nc1ccncc1CC(=O)C1COCCN1. The van der Waals surface area contributed by atoms with E-state index in [9.17, 15) is 4.79 Å². The number of carbonyl (C=O) groups is 1. The lowest BCUT2D eigenvalue weighted by atomic mass is 10.0. The van der Waals surface area contributed by atoms with Crippen LogP contribution in [-0.4, -0.2) is 36.6 Å². The van der Waals surface area contributed by atoms with E-state index in [-0.39, 0.29) is 11.8 Å². The van der Waals surface area contributed by atoms with E-state index in [1.807, 2.05) is 0 Å². The lowest BCUT2D eigenvalue weighted by Crippen LogP contribution is -2.47. The summed E-state index contributed by atoms with van der Waals surface area (Å²) in [6, 6.07) is 1.49. The molecule has 3 N–H and O–H groups in total. The molecule has 1 aromatic rings. The van der Waals surface area contributed by atoms with Gasteiger partial charge in [-0.25, -0.2) is 0 Å². The number of nitrogens with two attached hydrogens (primary N) is 1.